The zero-order valence-electron chi connectivity index (χ0n) is 8.20. The Balaban J connectivity index is 2.06. The lowest BCUT2D eigenvalue weighted by atomic mass is 9.96. The summed E-state index contributed by atoms with van der Waals surface area (Å²) in [5.74, 6) is 0.850. The van der Waals surface area contributed by atoms with Crippen molar-refractivity contribution in [3.8, 4) is 0 Å². The fourth-order valence-electron chi connectivity index (χ4n) is 1.70. The second-order valence-electron chi connectivity index (χ2n) is 4.25. The molecule has 0 radical (unpaired) electrons. The number of carboxylic acids is 1. The molecular weight excluding hydrogens is 166 g/mol. The van der Waals surface area contributed by atoms with E-state index in [4.69, 9.17) is 10.8 Å². The maximum atomic E-state index is 10.3. The van der Waals surface area contributed by atoms with Gasteiger partial charge in [0, 0.05) is 6.04 Å². The molecule has 1 aliphatic carbocycles. The summed E-state index contributed by atoms with van der Waals surface area (Å²) in [6, 6.07) is -0.154. The highest BCUT2D eigenvalue weighted by Gasteiger charge is 2.27. The smallest absolute Gasteiger partial charge is 0.304 e. The highest BCUT2D eigenvalue weighted by Crippen LogP contribution is 2.38. The quantitative estimate of drug-likeness (QED) is 0.661. The molecule has 0 saturated heterocycles. The van der Waals surface area contributed by atoms with Crippen molar-refractivity contribution in [3.05, 3.63) is 0 Å². The number of nitrogens with two attached hydrogens (primary N) is 1. The van der Waals surface area contributed by atoms with Crippen LogP contribution in [0.4, 0.5) is 0 Å². The summed E-state index contributed by atoms with van der Waals surface area (Å²) in [5, 5.41) is 8.49. The molecule has 1 rings (SSSR count). The third-order valence-electron chi connectivity index (χ3n) is 2.86. The first kappa shape index (κ1) is 10.5. The van der Waals surface area contributed by atoms with Crippen LogP contribution in [0.25, 0.3) is 0 Å². The van der Waals surface area contributed by atoms with Crippen LogP contribution >= 0.6 is 0 Å². The molecule has 3 heteroatoms. The summed E-state index contributed by atoms with van der Waals surface area (Å²) >= 11 is 0. The Morgan fingerprint density at radius 3 is 2.62 bits per heavy atom. The van der Waals surface area contributed by atoms with E-state index in [2.05, 4.69) is 6.92 Å². The van der Waals surface area contributed by atoms with Gasteiger partial charge in [-0.3, -0.25) is 4.79 Å². The van der Waals surface area contributed by atoms with Crippen LogP contribution in [0.3, 0.4) is 0 Å². The van der Waals surface area contributed by atoms with E-state index in [0.717, 1.165) is 24.7 Å². The molecule has 0 aromatic heterocycles. The Labute approximate surface area is 79.3 Å². The SMILES string of the molecule is CC(CCC(N)CC(=O)O)C1CC1. The molecule has 0 aromatic rings. The van der Waals surface area contributed by atoms with E-state index in [1.165, 1.54) is 12.8 Å². The van der Waals surface area contributed by atoms with Gasteiger partial charge in [-0.25, -0.2) is 0 Å². The van der Waals surface area contributed by atoms with Gasteiger partial charge in [0.2, 0.25) is 0 Å². The minimum Gasteiger partial charge on any atom is -0.481 e. The van der Waals surface area contributed by atoms with E-state index in [9.17, 15) is 4.79 Å². The van der Waals surface area contributed by atoms with Crippen LogP contribution in [0.15, 0.2) is 0 Å². The lowest BCUT2D eigenvalue weighted by Gasteiger charge is -2.13. The average molecular weight is 185 g/mol. The van der Waals surface area contributed by atoms with E-state index in [-0.39, 0.29) is 12.5 Å². The van der Waals surface area contributed by atoms with Gasteiger partial charge in [0.25, 0.3) is 0 Å². The molecule has 76 valence electrons. The van der Waals surface area contributed by atoms with E-state index in [1.807, 2.05) is 0 Å². The Morgan fingerprint density at radius 1 is 1.54 bits per heavy atom. The first-order chi connectivity index (χ1) is 6.09. The molecule has 0 aliphatic heterocycles. The summed E-state index contributed by atoms with van der Waals surface area (Å²) in [4.78, 5) is 10.3. The van der Waals surface area contributed by atoms with Crippen LogP contribution in [0.2, 0.25) is 0 Å². The van der Waals surface area contributed by atoms with Crippen LogP contribution in [0.5, 0.6) is 0 Å². The number of carbonyl (C=O) groups is 1. The van der Waals surface area contributed by atoms with Crippen molar-refractivity contribution in [2.24, 2.45) is 17.6 Å². The molecule has 0 spiro atoms. The van der Waals surface area contributed by atoms with Gasteiger partial charge in [0.15, 0.2) is 0 Å². The largest absolute Gasteiger partial charge is 0.481 e. The number of hydrogen-bond donors (Lipinski definition) is 2. The molecule has 1 saturated carbocycles. The van der Waals surface area contributed by atoms with E-state index < -0.39 is 5.97 Å². The maximum Gasteiger partial charge on any atom is 0.304 e. The molecule has 0 heterocycles. The molecule has 0 aromatic carbocycles. The number of hydrogen-bond acceptors (Lipinski definition) is 2. The number of rotatable bonds is 6. The maximum absolute atomic E-state index is 10.3. The molecule has 0 amide bonds. The Hall–Kier alpha value is -0.570. The first-order valence-electron chi connectivity index (χ1n) is 5.07. The van der Waals surface area contributed by atoms with Crippen LogP contribution < -0.4 is 5.73 Å². The van der Waals surface area contributed by atoms with Crippen LogP contribution in [0.1, 0.15) is 39.0 Å². The summed E-state index contributed by atoms with van der Waals surface area (Å²) in [7, 11) is 0. The van der Waals surface area contributed by atoms with Gasteiger partial charge in [-0.2, -0.15) is 0 Å². The second kappa shape index (κ2) is 4.61. The highest BCUT2D eigenvalue weighted by molar-refractivity contribution is 5.67. The summed E-state index contributed by atoms with van der Waals surface area (Å²) in [6.45, 7) is 2.24. The second-order valence-corrected chi connectivity index (χ2v) is 4.25. The topological polar surface area (TPSA) is 63.3 Å². The van der Waals surface area contributed by atoms with Gasteiger partial charge in [0.1, 0.15) is 0 Å². The summed E-state index contributed by atoms with van der Waals surface area (Å²) in [6.07, 6.45) is 4.76. The third-order valence-corrected chi connectivity index (χ3v) is 2.86. The molecule has 0 bridgehead atoms. The molecule has 3 N–H and O–H groups in total. The predicted octanol–water partition coefficient (Wildman–Crippen LogP) is 1.61. The number of carboxylic acid groups (broad SMARTS) is 1. The van der Waals surface area contributed by atoms with E-state index in [1.54, 1.807) is 0 Å². The standard InChI is InChI=1S/C10H19NO2/c1-7(8-3-4-8)2-5-9(11)6-10(12)13/h7-9H,2-6,11H2,1H3,(H,12,13). The van der Waals surface area contributed by atoms with Crippen molar-refractivity contribution in [1.29, 1.82) is 0 Å². The van der Waals surface area contributed by atoms with Crippen LogP contribution in [-0.4, -0.2) is 17.1 Å². The zero-order chi connectivity index (χ0) is 9.84. The van der Waals surface area contributed by atoms with Crippen molar-refractivity contribution < 1.29 is 9.90 Å². The van der Waals surface area contributed by atoms with E-state index in [0.29, 0.717) is 0 Å². The Bertz CT molecular complexity index is 178. The molecule has 1 aliphatic rings. The monoisotopic (exact) mass is 185 g/mol. The lowest BCUT2D eigenvalue weighted by molar-refractivity contribution is -0.137. The number of aliphatic carboxylic acids is 1. The van der Waals surface area contributed by atoms with Crippen molar-refractivity contribution in [2.45, 2.75) is 45.1 Å². The minimum atomic E-state index is -0.786. The fourth-order valence-corrected chi connectivity index (χ4v) is 1.70. The van der Waals surface area contributed by atoms with Crippen LogP contribution in [0, 0.1) is 11.8 Å². The zero-order valence-corrected chi connectivity index (χ0v) is 8.20. The van der Waals surface area contributed by atoms with Gasteiger partial charge in [-0.15, -0.1) is 0 Å². The van der Waals surface area contributed by atoms with Gasteiger partial charge < -0.3 is 10.8 Å². The summed E-state index contributed by atoms with van der Waals surface area (Å²) in [5.41, 5.74) is 5.66. The Kier molecular flexibility index (Phi) is 3.72. The average Bonchev–Trinajstić information content (AvgIpc) is 2.80. The van der Waals surface area contributed by atoms with Gasteiger partial charge in [0.05, 0.1) is 6.42 Å². The summed E-state index contributed by atoms with van der Waals surface area (Å²) < 4.78 is 0. The lowest BCUT2D eigenvalue weighted by Crippen LogP contribution is -2.24. The highest BCUT2D eigenvalue weighted by atomic mass is 16.4. The molecule has 3 nitrogen and oxygen atoms in total. The fraction of sp³-hybridized carbons (Fsp3) is 0.900. The van der Waals surface area contributed by atoms with E-state index >= 15 is 0 Å². The molecule has 2 unspecified atom stereocenters. The van der Waals surface area contributed by atoms with Crippen molar-refractivity contribution in [1.82, 2.24) is 0 Å². The molecule has 13 heavy (non-hydrogen) atoms. The van der Waals surface area contributed by atoms with Crippen molar-refractivity contribution in [2.75, 3.05) is 0 Å². The van der Waals surface area contributed by atoms with Gasteiger partial charge >= 0.3 is 5.97 Å². The van der Waals surface area contributed by atoms with Crippen LogP contribution in [-0.2, 0) is 4.79 Å². The first-order valence-corrected chi connectivity index (χ1v) is 5.07. The molecular formula is C10H19NO2. The minimum absolute atomic E-state index is 0.109. The van der Waals surface area contributed by atoms with Gasteiger partial charge in [-0.05, 0) is 37.5 Å². The third kappa shape index (κ3) is 4.27. The molecule has 2 atom stereocenters. The normalized spacial score (nSPS) is 21.1. The Morgan fingerprint density at radius 2 is 2.15 bits per heavy atom. The van der Waals surface area contributed by atoms with Crippen molar-refractivity contribution >= 4 is 5.97 Å². The predicted molar refractivity (Wildman–Crippen MR) is 51.4 cm³/mol. The molecule has 1 fully saturated rings. The van der Waals surface area contributed by atoms with Crippen molar-refractivity contribution in [3.63, 3.8) is 0 Å². The van der Waals surface area contributed by atoms with Gasteiger partial charge in [-0.1, -0.05) is 6.92 Å².